The summed E-state index contributed by atoms with van der Waals surface area (Å²) in [5.41, 5.74) is 0. The molecule has 1 saturated heterocycles. The maximum Gasteiger partial charge on any atom is 0.323 e. The number of methoxy groups -OCH3 is 1. The van der Waals surface area contributed by atoms with Crippen LogP contribution in [0.1, 0.15) is 6.42 Å². The van der Waals surface area contributed by atoms with Crippen molar-refractivity contribution in [1.82, 2.24) is 4.90 Å². The molecule has 0 aromatic heterocycles. The van der Waals surface area contributed by atoms with Crippen LogP contribution in [0.5, 0.6) is 0 Å². The molecule has 19 heavy (non-hydrogen) atoms. The van der Waals surface area contributed by atoms with Gasteiger partial charge in [-0.3, -0.25) is 9.69 Å². The van der Waals surface area contributed by atoms with Crippen LogP contribution in [0.25, 0.3) is 0 Å². The Morgan fingerprint density at radius 2 is 2.32 bits per heavy atom. The van der Waals surface area contributed by atoms with Crippen molar-refractivity contribution in [1.29, 1.82) is 0 Å². The summed E-state index contributed by atoms with van der Waals surface area (Å²) in [6, 6.07) is 5.73. The number of carbonyl (C=O) groups is 1. The van der Waals surface area contributed by atoms with Crippen molar-refractivity contribution in [2.24, 2.45) is 0 Å². The van der Waals surface area contributed by atoms with Crippen molar-refractivity contribution in [2.75, 3.05) is 20.7 Å². The lowest BCUT2D eigenvalue weighted by Gasteiger charge is -2.15. The molecule has 0 bridgehead atoms. The zero-order valence-electron chi connectivity index (χ0n) is 10.7. The minimum Gasteiger partial charge on any atom is -0.468 e. The number of hydrogen-bond donors (Lipinski definition) is 0. The van der Waals surface area contributed by atoms with Gasteiger partial charge in [0.25, 0.3) is 0 Å². The number of likely N-dealkylation sites (tertiary alicyclic amines) is 1. The Hall–Kier alpha value is -0.230. The Morgan fingerprint density at radius 1 is 1.58 bits per heavy atom. The highest BCUT2D eigenvalue weighted by atomic mass is 79.9. The Kier molecular flexibility index (Phi) is 5.17. The van der Waals surface area contributed by atoms with Gasteiger partial charge in [-0.15, -0.1) is 11.8 Å². The molecular weight excluding hydrogens is 350 g/mol. The van der Waals surface area contributed by atoms with Gasteiger partial charge in [0.2, 0.25) is 0 Å². The van der Waals surface area contributed by atoms with Gasteiger partial charge in [0.05, 0.1) is 12.1 Å². The highest BCUT2D eigenvalue weighted by molar-refractivity contribution is 9.10. The quantitative estimate of drug-likeness (QED) is 0.769. The molecule has 1 heterocycles. The number of esters is 1. The van der Waals surface area contributed by atoms with Gasteiger partial charge in [0, 0.05) is 21.2 Å². The van der Waals surface area contributed by atoms with Crippen LogP contribution in [0.15, 0.2) is 27.6 Å². The third-order valence-corrected chi connectivity index (χ3v) is 5.37. The molecule has 1 aromatic rings. The van der Waals surface area contributed by atoms with Gasteiger partial charge in [0.1, 0.15) is 6.04 Å². The van der Waals surface area contributed by atoms with E-state index < -0.39 is 0 Å². The standard InChI is InChI=1S/C13H15BrClNO2S/c1-16-7-9(6-11(16)13(17)18-2)19-12-4-3-8(14)5-10(12)15/h3-5,9,11H,6-7H2,1-2H3/t9-,11+/m1/s1. The van der Waals surface area contributed by atoms with E-state index in [4.69, 9.17) is 16.3 Å². The van der Waals surface area contributed by atoms with Gasteiger partial charge in [-0.25, -0.2) is 0 Å². The fraction of sp³-hybridized carbons (Fsp3) is 0.462. The Balaban J connectivity index is 2.03. The first-order valence-corrected chi connectivity index (χ1v) is 7.96. The van der Waals surface area contributed by atoms with Gasteiger partial charge in [0.15, 0.2) is 0 Å². The molecule has 104 valence electrons. The summed E-state index contributed by atoms with van der Waals surface area (Å²) in [7, 11) is 3.38. The summed E-state index contributed by atoms with van der Waals surface area (Å²) in [5.74, 6) is -0.160. The predicted molar refractivity (Wildman–Crippen MR) is 81.8 cm³/mol. The molecule has 3 nitrogen and oxygen atoms in total. The maximum absolute atomic E-state index is 11.6. The number of benzene rings is 1. The van der Waals surface area contributed by atoms with Crippen molar-refractivity contribution in [2.45, 2.75) is 22.6 Å². The number of rotatable bonds is 3. The fourth-order valence-corrected chi connectivity index (χ4v) is 4.27. The van der Waals surface area contributed by atoms with Crippen molar-refractivity contribution in [3.05, 3.63) is 27.7 Å². The predicted octanol–water partition coefficient (Wildman–Crippen LogP) is 3.44. The second-order valence-electron chi connectivity index (χ2n) is 4.53. The van der Waals surface area contributed by atoms with Crippen molar-refractivity contribution < 1.29 is 9.53 Å². The minimum atomic E-state index is -0.160. The lowest BCUT2D eigenvalue weighted by molar-refractivity contribution is -0.145. The van der Waals surface area contributed by atoms with Crippen LogP contribution in [0.3, 0.4) is 0 Å². The van der Waals surface area contributed by atoms with Crippen LogP contribution < -0.4 is 0 Å². The zero-order valence-corrected chi connectivity index (χ0v) is 13.9. The summed E-state index contributed by atoms with van der Waals surface area (Å²) in [6.45, 7) is 0.858. The number of hydrogen-bond acceptors (Lipinski definition) is 4. The van der Waals surface area contributed by atoms with E-state index in [1.54, 1.807) is 11.8 Å². The molecule has 1 aliphatic heterocycles. The van der Waals surface area contributed by atoms with Gasteiger partial charge in [-0.05, 0) is 31.7 Å². The van der Waals surface area contributed by atoms with Crippen molar-refractivity contribution in [3.63, 3.8) is 0 Å². The molecule has 1 aliphatic rings. The molecule has 1 aromatic carbocycles. The van der Waals surface area contributed by atoms with E-state index in [2.05, 4.69) is 15.9 Å². The molecule has 0 N–H and O–H groups in total. The molecule has 0 saturated carbocycles. The van der Waals surface area contributed by atoms with Gasteiger partial charge in [-0.1, -0.05) is 27.5 Å². The third kappa shape index (κ3) is 3.66. The maximum atomic E-state index is 11.6. The Labute approximate surface area is 130 Å². The molecule has 6 heteroatoms. The van der Waals surface area contributed by atoms with E-state index in [1.165, 1.54) is 7.11 Å². The van der Waals surface area contributed by atoms with E-state index in [9.17, 15) is 4.79 Å². The number of likely N-dealkylation sites (N-methyl/N-ethyl adjacent to an activating group) is 1. The van der Waals surface area contributed by atoms with E-state index in [1.807, 2.05) is 30.1 Å². The molecule has 1 fully saturated rings. The Morgan fingerprint density at radius 3 is 2.95 bits per heavy atom. The lowest BCUT2D eigenvalue weighted by Crippen LogP contribution is -2.33. The first kappa shape index (κ1) is 15.2. The van der Waals surface area contributed by atoms with Gasteiger partial charge < -0.3 is 4.74 Å². The van der Waals surface area contributed by atoms with Crippen LogP contribution in [0, 0.1) is 0 Å². The summed E-state index contributed by atoms with van der Waals surface area (Å²) in [5, 5.41) is 1.09. The fourth-order valence-electron chi connectivity index (χ4n) is 2.20. The van der Waals surface area contributed by atoms with Crippen LogP contribution in [0.4, 0.5) is 0 Å². The normalized spacial score (nSPS) is 23.6. The van der Waals surface area contributed by atoms with Crippen LogP contribution >= 0.6 is 39.3 Å². The average molecular weight is 365 g/mol. The van der Waals surface area contributed by atoms with E-state index >= 15 is 0 Å². The number of nitrogens with zero attached hydrogens (tertiary/aromatic N) is 1. The lowest BCUT2D eigenvalue weighted by atomic mass is 10.2. The van der Waals surface area contributed by atoms with E-state index in [0.29, 0.717) is 5.25 Å². The van der Waals surface area contributed by atoms with Gasteiger partial charge in [-0.2, -0.15) is 0 Å². The summed E-state index contributed by atoms with van der Waals surface area (Å²) in [6.07, 6.45) is 0.792. The number of halogens is 2. The molecule has 0 amide bonds. The number of carbonyl (C=O) groups excluding carboxylic acids is 1. The molecular formula is C13H15BrClNO2S. The topological polar surface area (TPSA) is 29.5 Å². The first-order chi connectivity index (χ1) is 9.01. The minimum absolute atomic E-state index is 0.142. The van der Waals surface area contributed by atoms with E-state index in [-0.39, 0.29) is 12.0 Å². The second-order valence-corrected chi connectivity index (χ2v) is 7.19. The van der Waals surface area contributed by atoms with Crippen LogP contribution in [-0.2, 0) is 9.53 Å². The highest BCUT2D eigenvalue weighted by Crippen LogP contribution is 2.37. The van der Waals surface area contributed by atoms with Crippen molar-refractivity contribution >= 4 is 45.3 Å². The first-order valence-electron chi connectivity index (χ1n) is 5.91. The molecule has 0 spiro atoms. The van der Waals surface area contributed by atoms with Crippen LogP contribution in [-0.4, -0.2) is 42.9 Å². The Bertz CT molecular complexity index is 486. The van der Waals surface area contributed by atoms with Crippen molar-refractivity contribution in [3.8, 4) is 0 Å². The molecule has 0 unspecified atom stereocenters. The summed E-state index contributed by atoms with van der Waals surface area (Å²) < 4.78 is 5.79. The van der Waals surface area contributed by atoms with E-state index in [0.717, 1.165) is 27.4 Å². The van der Waals surface area contributed by atoms with Gasteiger partial charge >= 0.3 is 5.97 Å². The molecule has 0 aliphatic carbocycles. The second kappa shape index (κ2) is 6.48. The summed E-state index contributed by atoms with van der Waals surface area (Å²) >= 11 is 11.3. The van der Waals surface area contributed by atoms with Crippen LogP contribution in [0.2, 0.25) is 5.02 Å². The molecule has 0 radical (unpaired) electrons. The monoisotopic (exact) mass is 363 g/mol. The number of ether oxygens (including phenoxy) is 1. The number of thioether (sulfide) groups is 1. The molecule has 2 rings (SSSR count). The summed E-state index contributed by atoms with van der Waals surface area (Å²) in [4.78, 5) is 14.7. The largest absolute Gasteiger partial charge is 0.468 e. The highest BCUT2D eigenvalue weighted by Gasteiger charge is 2.35. The average Bonchev–Trinajstić information content (AvgIpc) is 2.73. The third-order valence-electron chi connectivity index (χ3n) is 3.17. The SMILES string of the molecule is COC(=O)[C@@H]1C[C@@H](Sc2ccc(Br)cc2Cl)CN1C. The smallest absolute Gasteiger partial charge is 0.323 e. The zero-order chi connectivity index (χ0) is 14.0. The molecule has 2 atom stereocenters.